The molecule has 1 heterocycles. The summed E-state index contributed by atoms with van der Waals surface area (Å²) in [6.45, 7) is 5.83. The zero-order valence-corrected chi connectivity index (χ0v) is 15.3. The van der Waals surface area contributed by atoms with Crippen LogP contribution >= 0.6 is 0 Å². The lowest BCUT2D eigenvalue weighted by atomic mass is 10.1. The molecule has 0 radical (unpaired) electrons. The molecule has 1 atom stereocenters. The Hall–Kier alpha value is -2.82. The van der Waals surface area contributed by atoms with E-state index >= 15 is 0 Å². The molecule has 2 aromatic rings. The summed E-state index contributed by atoms with van der Waals surface area (Å²) < 4.78 is 0. The van der Waals surface area contributed by atoms with Gasteiger partial charge in [-0.3, -0.25) is 9.59 Å². The molecular weight excluding hydrogens is 326 g/mol. The van der Waals surface area contributed by atoms with Gasteiger partial charge in [0.15, 0.2) is 0 Å². The van der Waals surface area contributed by atoms with Crippen LogP contribution in [0.4, 0.5) is 11.4 Å². The Morgan fingerprint density at radius 1 is 1.00 bits per heavy atom. The summed E-state index contributed by atoms with van der Waals surface area (Å²) in [5.41, 5.74) is 3.56. The van der Waals surface area contributed by atoms with Crippen molar-refractivity contribution >= 4 is 23.2 Å². The Balaban J connectivity index is 1.65. The quantitative estimate of drug-likeness (QED) is 0.868. The molecule has 1 aliphatic rings. The van der Waals surface area contributed by atoms with Crippen molar-refractivity contribution in [3.05, 3.63) is 59.7 Å². The second-order valence-electron chi connectivity index (χ2n) is 6.69. The molecule has 136 valence electrons. The number of nitrogens with zero attached hydrogens (tertiary/aromatic N) is 1. The van der Waals surface area contributed by atoms with Gasteiger partial charge in [-0.05, 0) is 56.5 Å². The van der Waals surface area contributed by atoms with Crippen LogP contribution in [0.1, 0.15) is 35.7 Å². The number of hydrogen-bond donors (Lipinski definition) is 2. The third-order valence-electron chi connectivity index (χ3n) is 4.79. The van der Waals surface area contributed by atoms with Crippen LogP contribution in [0.25, 0.3) is 0 Å². The maximum absolute atomic E-state index is 12.5. The monoisotopic (exact) mass is 351 g/mol. The molecule has 1 unspecified atom stereocenters. The molecule has 0 aliphatic carbocycles. The first-order chi connectivity index (χ1) is 12.6. The highest BCUT2D eigenvalue weighted by molar-refractivity contribution is 6.01. The van der Waals surface area contributed by atoms with Crippen LogP contribution in [0.5, 0.6) is 0 Å². The summed E-state index contributed by atoms with van der Waals surface area (Å²) in [5, 5.41) is 5.69. The second-order valence-corrected chi connectivity index (χ2v) is 6.69. The van der Waals surface area contributed by atoms with Crippen LogP contribution in [0, 0.1) is 6.92 Å². The predicted molar refractivity (Wildman–Crippen MR) is 105 cm³/mol. The van der Waals surface area contributed by atoms with Crippen molar-refractivity contribution in [1.29, 1.82) is 0 Å². The van der Waals surface area contributed by atoms with Crippen LogP contribution < -0.4 is 15.5 Å². The Kier molecular flexibility index (Phi) is 5.56. The first-order valence-corrected chi connectivity index (χ1v) is 9.07. The average Bonchev–Trinajstić information content (AvgIpc) is 3.18. The van der Waals surface area contributed by atoms with Crippen molar-refractivity contribution in [2.24, 2.45) is 0 Å². The Morgan fingerprint density at radius 2 is 1.69 bits per heavy atom. The summed E-state index contributed by atoms with van der Waals surface area (Å²) in [5.74, 6) is -0.480. The van der Waals surface area contributed by atoms with Gasteiger partial charge in [-0.25, -0.2) is 0 Å². The molecule has 1 saturated heterocycles. The van der Waals surface area contributed by atoms with Gasteiger partial charge < -0.3 is 15.5 Å². The summed E-state index contributed by atoms with van der Waals surface area (Å²) in [6, 6.07) is 14.2. The SMILES string of the molecule is Cc1c(NC(=O)C(C)NC(=O)c2ccccc2)cccc1N1CCCC1. The third-order valence-corrected chi connectivity index (χ3v) is 4.79. The fraction of sp³-hybridized carbons (Fsp3) is 0.333. The van der Waals surface area contributed by atoms with Gasteiger partial charge in [0.1, 0.15) is 6.04 Å². The van der Waals surface area contributed by atoms with Gasteiger partial charge in [-0.2, -0.15) is 0 Å². The van der Waals surface area contributed by atoms with Crippen LogP contribution in [-0.4, -0.2) is 30.9 Å². The number of hydrogen-bond acceptors (Lipinski definition) is 3. The van der Waals surface area contributed by atoms with Crippen molar-refractivity contribution < 1.29 is 9.59 Å². The van der Waals surface area contributed by atoms with Crippen molar-refractivity contribution in [3.8, 4) is 0 Å². The lowest BCUT2D eigenvalue weighted by molar-refractivity contribution is -0.117. The first-order valence-electron chi connectivity index (χ1n) is 9.07. The van der Waals surface area contributed by atoms with Crippen molar-refractivity contribution in [2.75, 3.05) is 23.3 Å². The number of carbonyl (C=O) groups excluding carboxylic acids is 2. The van der Waals surface area contributed by atoms with Gasteiger partial charge in [0, 0.05) is 30.0 Å². The lowest BCUT2D eigenvalue weighted by Gasteiger charge is -2.22. The van der Waals surface area contributed by atoms with Crippen LogP contribution in [0.3, 0.4) is 0 Å². The van der Waals surface area contributed by atoms with Crippen molar-refractivity contribution in [1.82, 2.24) is 5.32 Å². The maximum atomic E-state index is 12.5. The molecule has 5 nitrogen and oxygen atoms in total. The average molecular weight is 351 g/mol. The Labute approximate surface area is 154 Å². The van der Waals surface area contributed by atoms with E-state index in [-0.39, 0.29) is 11.8 Å². The van der Waals surface area contributed by atoms with E-state index in [0.717, 1.165) is 24.3 Å². The Bertz CT molecular complexity index is 783. The minimum Gasteiger partial charge on any atom is -0.371 e. The largest absolute Gasteiger partial charge is 0.371 e. The van der Waals surface area contributed by atoms with E-state index in [2.05, 4.69) is 21.6 Å². The topological polar surface area (TPSA) is 61.4 Å². The molecule has 2 aromatic carbocycles. The molecular formula is C21H25N3O2. The molecule has 0 saturated carbocycles. The van der Waals surface area contributed by atoms with Gasteiger partial charge in [-0.15, -0.1) is 0 Å². The van der Waals surface area contributed by atoms with E-state index in [1.54, 1.807) is 31.2 Å². The summed E-state index contributed by atoms with van der Waals surface area (Å²) in [6.07, 6.45) is 2.41. The number of anilines is 2. The molecule has 0 aromatic heterocycles. The molecule has 5 heteroatoms. The highest BCUT2D eigenvalue weighted by atomic mass is 16.2. The van der Waals surface area contributed by atoms with Gasteiger partial charge >= 0.3 is 0 Å². The second kappa shape index (κ2) is 8.04. The molecule has 26 heavy (non-hydrogen) atoms. The normalized spacial score (nSPS) is 14.8. The molecule has 0 bridgehead atoms. The maximum Gasteiger partial charge on any atom is 0.251 e. The van der Waals surface area contributed by atoms with Crippen LogP contribution in [-0.2, 0) is 4.79 Å². The molecule has 3 rings (SSSR count). The predicted octanol–water partition coefficient (Wildman–Crippen LogP) is 3.35. The number of nitrogens with one attached hydrogen (secondary N) is 2. The fourth-order valence-electron chi connectivity index (χ4n) is 3.24. The standard InChI is InChI=1S/C21H25N3O2/c1-15-18(11-8-12-19(15)24-13-6-7-14-24)23-20(25)16(2)22-21(26)17-9-4-3-5-10-17/h3-5,8-12,16H,6-7,13-14H2,1-2H3,(H,22,26)(H,23,25). The summed E-state index contributed by atoms with van der Waals surface area (Å²) in [7, 11) is 0. The molecule has 2 N–H and O–H groups in total. The zero-order chi connectivity index (χ0) is 18.5. The van der Waals surface area contributed by atoms with E-state index in [1.165, 1.54) is 18.5 Å². The minimum atomic E-state index is -0.627. The first kappa shape index (κ1) is 18.0. The van der Waals surface area contributed by atoms with E-state index in [4.69, 9.17) is 0 Å². The van der Waals surface area contributed by atoms with Crippen LogP contribution in [0.2, 0.25) is 0 Å². The number of benzene rings is 2. The van der Waals surface area contributed by atoms with Gasteiger partial charge in [0.2, 0.25) is 5.91 Å². The number of rotatable bonds is 5. The smallest absolute Gasteiger partial charge is 0.251 e. The molecule has 1 fully saturated rings. The Morgan fingerprint density at radius 3 is 2.38 bits per heavy atom. The molecule has 2 amide bonds. The molecule has 1 aliphatic heterocycles. The molecule has 0 spiro atoms. The minimum absolute atomic E-state index is 0.226. The zero-order valence-electron chi connectivity index (χ0n) is 15.3. The summed E-state index contributed by atoms with van der Waals surface area (Å²) in [4.78, 5) is 27.1. The fourth-order valence-corrected chi connectivity index (χ4v) is 3.24. The van der Waals surface area contributed by atoms with E-state index < -0.39 is 6.04 Å². The van der Waals surface area contributed by atoms with Crippen molar-refractivity contribution in [2.45, 2.75) is 32.7 Å². The van der Waals surface area contributed by atoms with Crippen molar-refractivity contribution in [3.63, 3.8) is 0 Å². The highest BCUT2D eigenvalue weighted by Gasteiger charge is 2.19. The van der Waals surface area contributed by atoms with E-state index in [9.17, 15) is 9.59 Å². The van der Waals surface area contributed by atoms with E-state index in [1.807, 2.05) is 25.1 Å². The van der Waals surface area contributed by atoms with Gasteiger partial charge in [0.25, 0.3) is 5.91 Å². The number of carbonyl (C=O) groups is 2. The third kappa shape index (κ3) is 4.04. The number of amides is 2. The summed E-state index contributed by atoms with van der Waals surface area (Å²) >= 11 is 0. The van der Waals surface area contributed by atoms with Gasteiger partial charge in [0.05, 0.1) is 0 Å². The van der Waals surface area contributed by atoms with Crippen LogP contribution in [0.15, 0.2) is 48.5 Å². The highest BCUT2D eigenvalue weighted by Crippen LogP contribution is 2.29. The van der Waals surface area contributed by atoms with Gasteiger partial charge in [-0.1, -0.05) is 24.3 Å². The van der Waals surface area contributed by atoms with E-state index in [0.29, 0.717) is 5.56 Å². The lowest BCUT2D eigenvalue weighted by Crippen LogP contribution is -2.41.